The van der Waals surface area contributed by atoms with Gasteiger partial charge in [-0.25, -0.2) is 0 Å². The SMILES string of the molecule is CC(C)NC(=O)c1cccc2c1CCCN2CC(=O)Nc1cc2c(cc1Br)OCCO2. The zero-order chi connectivity index (χ0) is 22.0. The molecule has 0 atom stereocenters. The Morgan fingerprint density at radius 1 is 1.16 bits per heavy atom. The number of hydrogen-bond acceptors (Lipinski definition) is 5. The van der Waals surface area contributed by atoms with Gasteiger partial charge in [0.1, 0.15) is 13.2 Å². The molecule has 4 rings (SSSR count). The monoisotopic (exact) mass is 487 g/mol. The van der Waals surface area contributed by atoms with Crippen LogP contribution in [0, 0.1) is 0 Å². The van der Waals surface area contributed by atoms with Crippen LogP contribution in [0.3, 0.4) is 0 Å². The van der Waals surface area contributed by atoms with E-state index in [1.807, 2.05) is 36.9 Å². The normalized spacial score (nSPS) is 14.8. The zero-order valence-corrected chi connectivity index (χ0v) is 19.3. The third-order valence-electron chi connectivity index (χ3n) is 5.25. The number of nitrogens with zero attached hydrogens (tertiary/aromatic N) is 1. The number of ether oxygens (including phenoxy) is 2. The molecule has 0 aliphatic carbocycles. The van der Waals surface area contributed by atoms with E-state index in [0.717, 1.165) is 35.1 Å². The fourth-order valence-corrected chi connectivity index (χ4v) is 4.36. The molecule has 8 heteroatoms. The molecular weight excluding hydrogens is 462 g/mol. The van der Waals surface area contributed by atoms with Gasteiger partial charge in [-0.3, -0.25) is 9.59 Å². The van der Waals surface area contributed by atoms with Crippen LogP contribution in [0.25, 0.3) is 0 Å². The van der Waals surface area contributed by atoms with Gasteiger partial charge in [0.2, 0.25) is 5.91 Å². The summed E-state index contributed by atoms with van der Waals surface area (Å²) in [6, 6.07) is 9.36. The largest absolute Gasteiger partial charge is 0.486 e. The van der Waals surface area contributed by atoms with Crippen molar-refractivity contribution in [2.75, 3.05) is 36.5 Å². The number of carbonyl (C=O) groups excluding carboxylic acids is 2. The molecule has 0 bridgehead atoms. The zero-order valence-electron chi connectivity index (χ0n) is 17.7. The summed E-state index contributed by atoms with van der Waals surface area (Å²) in [5, 5.41) is 5.92. The molecule has 164 valence electrons. The molecular formula is C23H26BrN3O4. The Morgan fingerprint density at radius 2 is 1.90 bits per heavy atom. The number of benzene rings is 2. The van der Waals surface area contributed by atoms with E-state index in [1.165, 1.54) is 0 Å². The maximum Gasteiger partial charge on any atom is 0.251 e. The van der Waals surface area contributed by atoms with E-state index in [4.69, 9.17) is 9.47 Å². The van der Waals surface area contributed by atoms with E-state index in [0.29, 0.717) is 36.0 Å². The van der Waals surface area contributed by atoms with E-state index in [2.05, 4.69) is 26.6 Å². The second-order valence-corrected chi connectivity index (χ2v) is 8.83. The number of nitrogens with one attached hydrogen (secondary N) is 2. The first-order chi connectivity index (χ1) is 14.9. The number of carbonyl (C=O) groups is 2. The van der Waals surface area contributed by atoms with Crippen molar-refractivity contribution in [3.8, 4) is 11.5 Å². The smallest absolute Gasteiger partial charge is 0.251 e. The third-order valence-corrected chi connectivity index (χ3v) is 5.91. The van der Waals surface area contributed by atoms with Crippen LogP contribution >= 0.6 is 15.9 Å². The van der Waals surface area contributed by atoms with Gasteiger partial charge in [0.05, 0.1) is 12.2 Å². The Bertz CT molecular complexity index is 1010. The number of hydrogen-bond donors (Lipinski definition) is 2. The topological polar surface area (TPSA) is 79.9 Å². The molecule has 2 aromatic rings. The number of amides is 2. The van der Waals surface area contributed by atoms with Crippen molar-refractivity contribution in [2.45, 2.75) is 32.7 Å². The minimum absolute atomic E-state index is 0.0678. The molecule has 0 saturated carbocycles. The van der Waals surface area contributed by atoms with Gasteiger partial charge < -0.3 is 25.0 Å². The van der Waals surface area contributed by atoms with Crippen molar-refractivity contribution in [3.63, 3.8) is 0 Å². The van der Waals surface area contributed by atoms with Gasteiger partial charge in [-0.05, 0) is 60.3 Å². The van der Waals surface area contributed by atoms with Gasteiger partial charge in [0.15, 0.2) is 11.5 Å². The van der Waals surface area contributed by atoms with Crippen LogP contribution in [0.15, 0.2) is 34.8 Å². The van der Waals surface area contributed by atoms with E-state index in [9.17, 15) is 9.59 Å². The van der Waals surface area contributed by atoms with Crippen LogP contribution in [-0.2, 0) is 11.2 Å². The van der Waals surface area contributed by atoms with Crippen LogP contribution in [-0.4, -0.2) is 44.2 Å². The second kappa shape index (κ2) is 9.18. The summed E-state index contributed by atoms with van der Waals surface area (Å²) >= 11 is 3.49. The average molecular weight is 488 g/mol. The molecule has 2 aliphatic rings. The summed E-state index contributed by atoms with van der Waals surface area (Å²) in [5.41, 5.74) is 3.27. The predicted octanol–water partition coefficient (Wildman–Crippen LogP) is 3.75. The first-order valence-electron chi connectivity index (χ1n) is 10.5. The molecule has 2 amide bonds. The van der Waals surface area contributed by atoms with Crippen molar-refractivity contribution in [1.29, 1.82) is 0 Å². The van der Waals surface area contributed by atoms with Gasteiger partial charge in [-0.15, -0.1) is 0 Å². The Hall–Kier alpha value is -2.74. The fraction of sp³-hybridized carbons (Fsp3) is 0.391. The third kappa shape index (κ3) is 4.79. The molecule has 2 heterocycles. The van der Waals surface area contributed by atoms with Gasteiger partial charge >= 0.3 is 0 Å². The molecule has 31 heavy (non-hydrogen) atoms. The highest BCUT2D eigenvalue weighted by atomic mass is 79.9. The Balaban J connectivity index is 1.50. The van der Waals surface area contributed by atoms with Crippen LogP contribution in [0.4, 0.5) is 11.4 Å². The molecule has 7 nitrogen and oxygen atoms in total. The molecule has 2 N–H and O–H groups in total. The van der Waals surface area contributed by atoms with Crippen molar-refractivity contribution in [1.82, 2.24) is 5.32 Å². The van der Waals surface area contributed by atoms with E-state index in [1.54, 1.807) is 12.1 Å². The predicted molar refractivity (Wildman–Crippen MR) is 123 cm³/mol. The van der Waals surface area contributed by atoms with E-state index >= 15 is 0 Å². The van der Waals surface area contributed by atoms with Crippen LogP contribution in [0.2, 0.25) is 0 Å². The molecule has 0 radical (unpaired) electrons. The Morgan fingerprint density at radius 3 is 2.65 bits per heavy atom. The molecule has 2 aromatic carbocycles. The molecule has 0 saturated heterocycles. The first kappa shape index (κ1) is 21.5. The summed E-state index contributed by atoms with van der Waals surface area (Å²) in [4.78, 5) is 27.5. The van der Waals surface area contributed by atoms with Crippen molar-refractivity contribution in [2.24, 2.45) is 0 Å². The quantitative estimate of drug-likeness (QED) is 0.671. The Labute approximate surface area is 190 Å². The minimum Gasteiger partial charge on any atom is -0.486 e. The minimum atomic E-state index is -0.137. The number of halogens is 1. The van der Waals surface area contributed by atoms with Crippen LogP contribution in [0.5, 0.6) is 11.5 Å². The van der Waals surface area contributed by atoms with Crippen molar-refractivity contribution in [3.05, 3.63) is 45.9 Å². The highest BCUT2D eigenvalue weighted by molar-refractivity contribution is 9.10. The lowest BCUT2D eigenvalue weighted by Gasteiger charge is -2.32. The fourth-order valence-electron chi connectivity index (χ4n) is 3.94. The summed E-state index contributed by atoms with van der Waals surface area (Å²) < 4.78 is 11.9. The average Bonchev–Trinajstić information content (AvgIpc) is 2.73. The summed E-state index contributed by atoms with van der Waals surface area (Å²) in [6.07, 6.45) is 1.71. The lowest BCUT2D eigenvalue weighted by molar-refractivity contribution is -0.115. The number of rotatable bonds is 5. The highest BCUT2D eigenvalue weighted by Crippen LogP contribution is 2.38. The van der Waals surface area contributed by atoms with Gasteiger partial charge in [0, 0.05) is 40.4 Å². The van der Waals surface area contributed by atoms with Gasteiger partial charge in [0.25, 0.3) is 5.91 Å². The van der Waals surface area contributed by atoms with Crippen molar-refractivity contribution >= 4 is 39.1 Å². The second-order valence-electron chi connectivity index (χ2n) is 7.98. The number of fused-ring (bicyclic) bond motifs is 2. The summed E-state index contributed by atoms with van der Waals surface area (Å²) in [7, 11) is 0. The molecule has 0 aromatic heterocycles. The summed E-state index contributed by atoms with van der Waals surface area (Å²) in [6.45, 7) is 5.84. The molecule has 0 unspecified atom stereocenters. The molecule has 0 fully saturated rings. The highest BCUT2D eigenvalue weighted by Gasteiger charge is 2.24. The Kier molecular flexibility index (Phi) is 6.36. The van der Waals surface area contributed by atoms with E-state index in [-0.39, 0.29) is 24.4 Å². The van der Waals surface area contributed by atoms with Crippen LogP contribution < -0.4 is 25.0 Å². The number of anilines is 2. The first-order valence-corrected chi connectivity index (χ1v) is 11.3. The van der Waals surface area contributed by atoms with Crippen LogP contribution in [0.1, 0.15) is 36.2 Å². The molecule has 0 spiro atoms. The van der Waals surface area contributed by atoms with Gasteiger partial charge in [-0.2, -0.15) is 0 Å². The van der Waals surface area contributed by atoms with Crippen molar-refractivity contribution < 1.29 is 19.1 Å². The maximum absolute atomic E-state index is 12.9. The lowest BCUT2D eigenvalue weighted by Crippen LogP contribution is -2.38. The standard InChI is InChI=1S/C23H26BrN3O4/c1-14(2)25-23(29)16-5-3-7-19-15(16)6-4-8-27(19)13-22(28)26-18-12-21-20(11-17(18)24)30-9-10-31-21/h3,5,7,11-12,14H,4,6,8-10,13H2,1-2H3,(H,25,29)(H,26,28). The van der Waals surface area contributed by atoms with E-state index < -0.39 is 0 Å². The lowest BCUT2D eigenvalue weighted by atomic mass is 9.95. The maximum atomic E-state index is 12.9. The van der Waals surface area contributed by atoms with Gasteiger partial charge in [-0.1, -0.05) is 6.07 Å². The molecule has 2 aliphatic heterocycles. The summed E-state index contributed by atoms with van der Waals surface area (Å²) in [5.74, 6) is 1.07.